The Hall–Kier alpha value is -2.30. The Kier molecular flexibility index (Phi) is 3.66. The Balaban J connectivity index is 3.09. The average molecular weight is 222 g/mol. The first kappa shape index (κ1) is 11.8. The van der Waals surface area contributed by atoms with Crippen molar-refractivity contribution >= 4 is 17.5 Å². The third kappa shape index (κ3) is 2.60. The van der Waals surface area contributed by atoms with Crippen LogP contribution in [0.3, 0.4) is 0 Å². The van der Waals surface area contributed by atoms with Crippen molar-refractivity contribution in [2.75, 3.05) is 7.11 Å². The third-order valence-electron chi connectivity index (χ3n) is 1.86. The summed E-state index contributed by atoms with van der Waals surface area (Å²) in [5.74, 6) is -2.90. The standard InChI is InChI=1S/C11H10O5/c1-16-10-5-3-2-4-7(10)8(12)6-9(13)11(14)15/h2-6,12H,1H3,(H,14,15). The number of aliphatic carboxylic acids is 1. The molecule has 0 aliphatic rings. The van der Waals surface area contributed by atoms with Gasteiger partial charge in [-0.25, -0.2) is 4.79 Å². The van der Waals surface area contributed by atoms with Crippen LogP contribution in [0.15, 0.2) is 30.3 Å². The lowest BCUT2D eigenvalue weighted by atomic mass is 10.1. The van der Waals surface area contributed by atoms with Crippen LogP contribution in [0.25, 0.3) is 5.76 Å². The van der Waals surface area contributed by atoms with E-state index in [1.165, 1.54) is 13.2 Å². The van der Waals surface area contributed by atoms with Crippen LogP contribution >= 0.6 is 0 Å². The summed E-state index contributed by atoms with van der Waals surface area (Å²) in [6.07, 6.45) is 0.639. The van der Waals surface area contributed by atoms with Gasteiger partial charge in [-0.2, -0.15) is 0 Å². The zero-order valence-electron chi connectivity index (χ0n) is 8.51. The van der Waals surface area contributed by atoms with Crippen molar-refractivity contribution in [3.05, 3.63) is 35.9 Å². The fourth-order valence-electron chi connectivity index (χ4n) is 1.12. The van der Waals surface area contributed by atoms with Crippen LogP contribution in [0.2, 0.25) is 0 Å². The number of ether oxygens (including phenoxy) is 1. The lowest BCUT2D eigenvalue weighted by Crippen LogP contribution is -2.09. The Bertz CT molecular complexity index is 447. The number of hydrogen-bond acceptors (Lipinski definition) is 4. The molecule has 0 aliphatic heterocycles. The van der Waals surface area contributed by atoms with Crippen molar-refractivity contribution in [2.24, 2.45) is 0 Å². The minimum absolute atomic E-state index is 0.264. The number of carboxylic acid groups (broad SMARTS) is 1. The molecule has 0 amide bonds. The number of methoxy groups -OCH3 is 1. The van der Waals surface area contributed by atoms with E-state index in [0.29, 0.717) is 11.8 Å². The number of para-hydroxylation sites is 1. The highest BCUT2D eigenvalue weighted by molar-refractivity contribution is 6.38. The number of aliphatic hydroxyl groups is 1. The van der Waals surface area contributed by atoms with Gasteiger partial charge in [0.1, 0.15) is 11.5 Å². The summed E-state index contributed by atoms with van der Waals surface area (Å²) in [5, 5.41) is 17.9. The summed E-state index contributed by atoms with van der Waals surface area (Å²) < 4.78 is 4.95. The molecule has 0 fully saturated rings. The lowest BCUT2D eigenvalue weighted by molar-refractivity contribution is -0.146. The highest BCUT2D eigenvalue weighted by Crippen LogP contribution is 2.23. The lowest BCUT2D eigenvalue weighted by Gasteiger charge is -2.06. The molecule has 5 heteroatoms. The van der Waals surface area contributed by atoms with E-state index in [-0.39, 0.29) is 5.56 Å². The molecule has 0 bridgehead atoms. The van der Waals surface area contributed by atoms with E-state index in [9.17, 15) is 14.7 Å². The number of carboxylic acids is 1. The highest BCUT2D eigenvalue weighted by atomic mass is 16.5. The zero-order valence-corrected chi connectivity index (χ0v) is 8.51. The van der Waals surface area contributed by atoms with Gasteiger partial charge in [0, 0.05) is 6.08 Å². The maximum Gasteiger partial charge on any atom is 0.376 e. The fraction of sp³-hybridized carbons (Fsp3) is 0.0909. The van der Waals surface area contributed by atoms with Crippen molar-refractivity contribution in [3.8, 4) is 5.75 Å². The zero-order chi connectivity index (χ0) is 12.1. The first-order valence-electron chi connectivity index (χ1n) is 4.37. The summed E-state index contributed by atoms with van der Waals surface area (Å²) in [7, 11) is 1.41. The van der Waals surface area contributed by atoms with Gasteiger partial charge >= 0.3 is 5.97 Å². The van der Waals surface area contributed by atoms with Gasteiger partial charge in [0.2, 0.25) is 0 Å². The molecular weight excluding hydrogens is 212 g/mol. The normalized spacial score (nSPS) is 10.9. The van der Waals surface area contributed by atoms with Crippen molar-refractivity contribution in [1.82, 2.24) is 0 Å². The molecule has 0 aliphatic carbocycles. The number of rotatable bonds is 4. The van der Waals surface area contributed by atoms with E-state index in [1.54, 1.807) is 18.2 Å². The molecule has 0 atom stereocenters. The minimum atomic E-state index is -1.62. The average Bonchev–Trinajstić information content (AvgIpc) is 2.28. The second-order valence-corrected chi connectivity index (χ2v) is 2.90. The Morgan fingerprint density at radius 3 is 2.44 bits per heavy atom. The molecule has 0 spiro atoms. The Morgan fingerprint density at radius 2 is 1.88 bits per heavy atom. The van der Waals surface area contributed by atoms with Crippen LogP contribution < -0.4 is 4.74 Å². The van der Waals surface area contributed by atoms with E-state index in [4.69, 9.17) is 9.84 Å². The van der Waals surface area contributed by atoms with Gasteiger partial charge in [-0.15, -0.1) is 0 Å². The smallest absolute Gasteiger partial charge is 0.376 e. The van der Waals surface area contributed by atoms with E-state index in [2.05, 4.69) is 0 Å². The quantitative estimate of drug-likeness (QED) is 0.455. The summed E-state index contributed by atoms with van der Waals surface area (Å²) in [6.45, 7) is 0. The van der Waals surface area contributed by atoms with E-state index in [0.717, 1.165) is 0 Å². The van der Waals surface area contributed by atoms with E-state index in [1.807, 2.05) is 0 Å². The van der Waals surface area contributed by atoms with Crippen LogP contribution in [-0.4, -0.2) is 29.1 Å². The van der Waals surface area contributed by atoms with Crippen molar-refractivity contribution in [3.63, 3.8) is 0 Å². The van der Waals surface area contributed by atoms with Crippen molar-refractivity contribution in [1.29, 1.82) is 0 Å². The first-order chi connectivity index (χ1) is 7.56. The van der Waals surface area contributed by atoms with Gasteiger partial charge in [-0.05, 0) is 12.1 Å². The Morgan fingerprint density at radius 1 is 1.25 bits per heavy atom. The molecule has 0 heterocycles. The van der Waals surface area contributed by atoms with E-state index >= 15 is 0 Å². The number of aliphatic hydroxyl groups excluding tert-OH is 1. The van der Waals surface area contributed by atoms with Crippen molar-refractivity contribution in [2.45, 2.75) is 0 Å². The van der Waals surface area contributed by atoms with E-state index < -0.39 is 17.5 Å². The number of carbonyl (C=O) groups is 2. The van der Waals surface area contributed by atoms with Gasteiger partial charge in [-0.3, -0.25) is 4.79 Å². The molecule has 84 valence electrons. The molecular formula is C11H10O5. The molecule has 0 radical (unpaired) electrons. The SMILES string of the molecule is COc1ccccc1C(O)=CC(=O)C(=O)O. The fourth-order valence-corrected chi connectivity index (χ4v) is 1.12. The first-order valence-corrected chi connectivity index (χ1v) is 4.37. The summed E-state index contributed by atoms with van der Waals surface area (Å²) in [4.78, 5) is 21.1. The second kappa shape index (κ2) is 4.97. The minimum Gasteiger partial charge on any atom is -0.507 e. The molecule has 5 nitrogen and oxygen atoms in total. The van der Waals surface area contributed by atoms with Crippen LogP contribution in [0.5, 0.6) is 5.75 Å². The van der Waals surface area contributed by atoms with Crippen molar-refractivity contribution < 1.29 is 24.5 Å². The predicted molar refractivity (Wildman–Crippen MR) is 56.2 cm³/mol. The number of hydrogen-bond donors (Lipinski definition) is 2. The predicted octanol–water partition coefficient (Wildman–Crippen LogP) is 1.25. The van der Waals surface area contributed by atoms with Gasteiger partial charge in [0.05, 0.1) is 12.7 Å². The molecule has 1 rings (SSSR count). The van der Waals surface area contributed by atoms with Crippen LogP contribution in [0.4, 0.5) is 0 Å². The largest absolute Gasteiger partial charge is 0.507 e. The molecule has 0 unspecified atom stereocenters. The van der Waals surface area contributed by atoms with Gasteiger partial charge in [0.25, 0.3) is 5.78 Å². The molecule has 0 aromatic heterocycles. The molecule has 1 aromatic carbocycles. The molecule has 0 saturated carbocycles. The summed E-state index contributed by atoms with van der Waals surface area (Å²) in [5.41, 5.74) is 0.264. The second-order valence-electron chi connectivity index (χ2n) is 2.90. The van der Waals surface area contributed by atoms with Crippen LogP contribution in [0.1, 0.15) is 5.56 Å². The molecule has 0 saturated heterocycles. The maximum atomic E-state index is 10.8. The van der Waals surface area contributed by atoms with Gasteiger partial charge in [-0.1, -0.05) is 12.1 Å². The highest BCUT2D eigenvalue weighted by Gasteiger charge is 2.12. The molecule has 16 heavy (non-hydrogen) atoms. The topological polar surface area (TPSA) is 83.8 Å². The van der Waals surface area contributed by atoms with Crippen LogP contribution in [0, 0.1) is 0 Å². The summed E-state index contributed by atoms with van der Waals surface area (Å²) in [6, 6.07) is 6.42. The number of ketones is 1. The number of carbonyl (C=O) groups excluding carboxylic acids is 1. The molecule has 1 aromatic rings. The third-order valence-corrected chi connectivity index (χ3v) is 1.86. The van der Waals surface area contributed by atoms with Crippen LogP contribution in [-0.2, 0) is 9.59 Å². The summed E-state index contributed by atoms with van der Waals surface area (Å²) >= 11 is 0. The molecule has 2 N–H and O–H groups in total. The maximum absolute atomic E-state index is 10.8. The number of benzene rings is 1. The van der Waals surface area contributed by atoms with Gasteiger partial charge < -0.3 is 14.9 Å². The van der Waals surface area contributed by atoms with Gasteiger partial charge in [0.15, 0.2) is 0 Å². The monoisotopic (exact) mass is 222 g/mol. The Labute approximate surface area is 91.6 Å².